The standard InChI is InChI=1S/C16H22N2O2S/c19-14-2-1-11-7-17(9-13(11)14)10-16(20)18-5-3-15-12(8-18)4-6-21-15/h4,6,11,13-14,19H,1-3,5,7-10H2. The summed E-state index contributed by atoms with van der Waals surface area (Å²) >= 11 is 1.81. The smallest absolute Gasteiger partial charge is 0.237 e. The Morgan fingerprint density at radius 3 is 3.14 bits per heavy atom. The molecule has 2 aliphatic heterocycles. The van der Waals surface area contributed by atoms with Crippen molar-refractivity contribution in [1.82, 2.24) is 9.80 Å². The van der Waals surface area contributed by atoms with Gasteiger partial charge in [0.1, 0.15) is 0 Å². The van der Waals surface area contributed by atoms with Crippen molar-refractivity contribution in [2.24, 2.45) is 11.8 Å². The minimum Gasteiger partial charge on any atom is -0.393 e. The maximum absolute atomic E-state index is 12.5. The van der Waals surface area contributed by atoms with Crippen molar-refractivity contribution in [2.45, 2.75) is 31.9 Å². The Morgan fingerprint density at radius 1 is 1.38 bits per heavy atom. The lowest BCUT2D eigenvalue weighted by Crippen LogP contribution is -2.42. The van der Waals surface area contributed by atoms with E-state index in [2.05, 4.69) is 16.3 Å². The number of nitrogens with zero attached hydrogens (tertiary/aromatic N) is 2. The van der Waals surface area contributed by atoms with Crippen molar-refractivity contribution in [3.8, 4) is 0 Å². The quantitative estimate of drug-likeness (QED) is 0.896. The van der Waals surface area contributed by atoms with Crippen LogP contribution in [0.3, 0.4) is 0 Å². The molecule has 3 aliphatic rings. The highest BCUT2D eigenvalue weighted by molar-refractivity contribution is 7.10. The van der Waals surface area contributed by atoms with Gasteiger partial charge in [-0.05, 0) is 42.2 Å². The number of carbonyl (C=O) groups excluding carboxylic acids is 1. The summed E-state index contributed by atoms with van der Waals surface area (Å²) in [5.41, 5.74) is 1.33. The first-order chi connectivity index (χ1) is 10.2. The van der Waals surface area contributed by atoms with Crippen LogP contribution >= 0.6 is 11.3 Å². The van der Waals surface area contributed by atoms with Gasteiger partial charge in [-0.3, -0.25) is 9.69 Å². The fourth-order valence-corrected chi connectivity index (χ4v) is 5.10. The van der Waals surface area contributed by atoms with Crippen LogP contribution in [0.1, 0.15) is 23.3 Å². The monoisotopic (exact) mass is 306 g/mol. The Labute approximate surface area is 129 Å². The summed E-state index contributed by atoms with van der Waals surface area (Å²) < 4.78 is 0. The Balaban J connectivity index is 1.35. The minimum absolute atomic E-state index is 0.140. The highest BCUT2D eigenvalue weighted by atomic mass is 32.1. The van der Waals surface area contributed by atoms with E-state index in [0.717, 1.165) is 45.4 Å². The summed E-state index contributed by atoms with van der Waals surface area (Å²) in [6, 6.07) is 2.15. The first-order valence-corrected chi connectivity index (χ1v) is 8.82. The van der Waals surface area contributed by atoms with Gasteiger partial charge >= 0.3 is 0 Å². The Morgan fingerprint density at radius 2 is 2.29 bits per heavy atom. The van der Waals surface area contributed by atoms with Crippen LogP contribution in [-0.4, -0.2) is 53.1 Å². The van der Waals surface area contributed by atoms with E-state index in [1.54, 1.807) is 0 Å². The van der Waals surface area contributed by atoms with Gasteiger partial charge in [0.05, 0.1) is 12.6 Å². The summed E-state index contributed by atoms with van der Waals surface area (Å²) in [7, 11) is 0. The molecule has 3 atom stereocenters. The van der Waals surface area contributed by atoms with Crippen LogP contribution < -0.4 is 0 Å². The van der Waals surface area contributed by atoms with Crippen molar-refractivity contribution in [2.75, 3.05) is 26.2 Å². The first kappa shape index (κ1) is 13.7. The maximum Gasteiger partial charge on any atom is 0.237 e. The van der Waals surface area contributed by atoms with E-state index >= 15 is 0 Å². The second kappa shape index (κ2) is 5.38. The lowest BCUT2D eigenvalue weighted by molar-refractivity contribution is -0.133. The van der Waals surface area contributed by atoms with E-state index in [0.29, 0.717) is 18.4 Å². The molecule has 4 nitrogen and oxygen atoms in total. The summed E-state index contributed by atoms with van der Waals surface area (Å²) in [5.74, 6) is 1.27. The first-order valence-electron chi connectivity index (χ1n) is 7.94. The van der Waals surface area contributed by atoms with Crippen LogP contribution in [0.4, 0.5) is 0 Å². The molecular formula is C16H22N2O2S. The van der Waals surface area contributed by atoms with Gasteiger partial charge in [0.25, 0.3) is 0 Å². The Hall–Kier alpha value is -0.910. The van der Waals surface area contributed by atoms with Crippen LogP contribution in [0.25, 0.3) is 0 Å². The van der Waals surface area contributed by atoms with Gasteiger partial charge in [-0.1, -0.05) is 0 Å². The fourth-order valence-electron chi connectivity index (χ4n) is 4.21. The van der Waals surface area contributed by atoms with Crippen molar-refractivity contribution in [1.29, 1.82) is 0 Å². The fraction of sp³-hybridized carbons (Fsp3) is 0.688. The molecular weight excluding hydrogens is 284 g/mol. The highest BCUT2D eigenvalue weighted by Crippen LogP contribution is 2.38. The number of hydrogen-bond donors (Lipinski definition) is 1. The van der Waals surface area contributed by atoms with Gasteiger partial charge in [-0.25, -0.2) is 0 Å². The van der Waals surface area contributed by atoms with Crippen molar-refractivity contribution < 1.29 is 9.90 Å². The molecule has 0 radical (unpaired) electrons. The number of thiophene rings is 1. The van der Waals surface area contributed by atoms with Gasteiger partial charge in [0.15, 0.2) is 0 Å². The SMILES string of the molecule is O=C(CN1CC2CCC(O)C2C1)N1CCc2sccc2C1. The van der Waals surface area contributed by atoms with Crippen molar-refractivity contribution >= 4 is 17.2 Å². The molecule has 21 heavy (non-hydrogen) atoms. The van der Waals surface area contributed by atoms with E-state index in [9.17, 15) is 9.90 Å². The van der Waals surface area contributed by atoms with Crippen molar-refractivity contribution in [3.63, 3.8) is 0 Å². The minimum atomic E-state index is -0.140. The average molecular weight is 306 g/mol. The molecule has 4 rings (SSSR count). The van der Waals surface area contributed by atoms with E-state index in [-0.39, 0.29) is 12.0 Å². The molecule has 1 saturated carbocycles. The summed E-state index contributed by atoms with van der Waals surface area (Å²) in [5, 5.41) is 12.1. The van der Waals surface area contributed by atoms with Gasteiger partial charge in [0.2, 0.25) is 5.91 Å². The van der Waals surface area contributed by atoms with Gasteiger partial charge in [-0.2, -0.15) is 0 Å². The second-order valence-corrected chi connectivity index (χ2v) is 7.70. The topological polar surface area (TPSA) is 43.8 Å². The number of aliphatic hydroxyl groups excluding tert-OH is 1. The predicted octanol–water partition coefficient (Wildman–Crippen LogP) is 1.34. The summed E-state index contributed by atoms with van der Waals surface area (Å²) in [6.07, 6.45) is 2.93. The lowest BCUT2D eigenvalue weighted by Gasteiger charge is -2.29. The zero-order valence-corrected chi connectivity index (χ0v) is 13.0. The van der Waals surface area contributed by atoms with Crippen LogP contribution in [0, 0.1) is 11.8 Å². The van der Waals surface area contributed by atoms with Gasteiger partial charge in [-0.15, -0.1) is 11.3 Å². The lowest BCUT2D eigenvalue weighted by atomic mass is 10.00. The number of carbonyl (C=O) groups is 1. The maximum atomic E-state index is 12.5. The van der Waals surface area contributed by atoms with Crippen LogP contribution in [-0.2, 0) is 17.8 Å². The third kappa shape index (κ3) is 2.51. The zero-order valence-electron chi connectivity index (χ0n) is 12.2. The molecule has 1 amide bonds. The number of hydrogen-bond acceptors (Lipinski definition) is 4. The second-order valence-electron chi connectivity index (χ2n) is 6.70. The number of likely N-dealkylation sites (tertiary alicyclic amines) is 1. The molecule has 1 N–H and O–H groups in total. The summed E-state index contributed by atoms with van der Waals surface area (Å²) in [4.78, 5) is 18.2. The number of rotatable bonds is 2. The van der Waals surface area contributed by atoms with E-state index in [1.807, 2.05) is 16.2 Å². The predicted molar refractivity (Wildman–Crippen MR) is 82.1 cm³/mol. The molecule has 3 heterocycles. The molecule has 1 aliphatic carbocycles. The number of aliphatic hydroxyl groups is 1. The largest absolute Gasteiger partial charge is 0.393 e. The molecule has 0 bridgehead atoms. The zero-order chi connectivity index (χ0) is 14.4. The highest BCUT2D eigenvalue weighted by Gasteiger charge is 2.42. The van der Waals surface area contributed by atoms with E-state index < -0.39 is 0 Å². The number of fused-ring (bicyclic) bond motifs is 2. The molecule has 114 valence electrons. The molecule has 1 saturated heterocycles. The van der Waals surface area contributed by atoms with Gasteiger partial charge in [0, 0.05) is 37.0 Å². The molecule has 1 aromatic heterocycles. The van der Waals surface area contributed by atoms with Gasteiger partial charge < -0.3 is 10.0 Å². The molecule has 1 aromatic rings. The van der Waals surface area contributed by atoms with Crippen LogP contribution in [0.5, 0.6) is 0 Å². The Bertz CT molecular complexity index is 544. The average Bonchev–Trinajstić information content (AvgIpc) is 3.16. The third-order valence-corrected chi connectivity index (χ3v) is 6.44. The third-order valence-electron chi connectivity index (χ3n) is 5.41. The Kier molecular flexibility index (Phi) is 3.52. The molecule has 5 heteroatoms. The van der Waals surface area contributed by atoms with E-state index in [1.165, 1.54) is 10.4 Å². The van der Waals surface area contributed by atoms with Crippen LogP contribution in [0.2, 0.25) is 0 Å². The molecule has 0 spiro atoms. The van der Waals surface area contributed by atoms with Crippen molar-refractivity contribution in [3.05, 3.63) is 21.9 Å². The summed E-state index contributed by atoms with van der Waals surface area (Å²) in [6.45, 7) is 4.05. The molecule has 3 unspecified atom stereocenters. The number of amides is 1. The molecule has 0 aromatic carbocycles. The van der Waals surface area contributed by atoms with E-state index in [4.69, 9.17) is 0 Å². The normalized spacial score (nSPS) is 32.2. The molecule has 2 fully saturated rings. The van der Waals surface area contributed by atoms with Crippen LogP contribution in [0.15, 0.2) is 11.4 Å².